The summed E-state index contributed by atoms with van der Waals surface area (Å²) in [5, 5.41) is 2.84. The van der Waals surface area contributed by atoms with E-state index in [1.54, 1.807) is 7.05 Å². The van der Waals surface area contributed by atoms with E-state index in [9.17, 15) is 18.4 Å². The van der Waals surface area contributed by atoms with Gasteiger partial charge in [0, 0.05) is 26.1 Å². The highest BCUT2D eigenvalue weighted by atomic mass is 19.2. The highest BCUT2D eigenvalue weighted by Crippen LogP contribution is 2.38. The lowest BCUT2D eigenvalue weighted by Gasteiger charge is -2.25. The van der Waals surface area contributed by atoms with Gasteiger partial charge < -0.3 is 10.2 Å². The van der Waals surface area contributed by atoms with Crippen LogP contribution in [0.5, 0.6) is 0 Å². The molecule has 0 spiro atoms. The molecule has 1 aromatic carbocycles. The number of hydrogen-bond donors (Lipinski definition) is 1. The fourth-order valence-electron chi connectivity index (χ4n) is 3.58. The van der Waals surface area contributed by atoms with Crippen molar-refractivity contribution in [3.8, 4) is 0 Å². The molecule has 1 heterocycles. The molecule has 118 valence electrons. The van der Waals surface area contributed by atoms with Crippen molar-refractivity contribution in [2.24, 2.45) is 11.8 Å². The zero-order valence-electron chi connectivity index (χ0n) is 12.3. The van der Waals surface area contributed by atoms with E-state index in [2.05, 4.69) is 5.32 Å². The third-order valence-corrected chi connectivity index (χ3v) is 4.88. The molecule has 0 unspecified atom stereocenters. The van der Waals surface area contributed by atoms with Gasteiger partial charge in [-0.05, 0) is 36.8 Å². The van der Waals surface area contributed by atoms with E-state index in [4.69, 9.17) is 0 Å². The predicted octanol–water partition coefficient (Wildman–Crippen LogP) is 1.95. The number of hydrogen-bond acceptors (Lipinski definition) is 2. The van der Waals surface area contributed by atoms with Crippen molar-refractivity contribution < 1.29 is 18.4 Å². The monoisotopic (exact) mass is 308 g/mol. The number of amides is 2. The fraction of sp³-hybridized carbons (Fsp3) is 0.500. The number of halogens is 2. The molecule has 1 N–H and O–H groups in total. The van der Waals surface area contributed by atoms with Crippen LogP contribution in [-0.2, 0) is 4.79 Å². The Labute approximate surface area is 127 Å². The number of fused-ring (bicyclic) bond motifs is 1. The molecule has 22 heavy (non-hydrogen) atoms. The van der Waals surface area contributed by atoms with Gasteiger partial charge in [0.25, 0.3) is 5.91 Å². The molecule has 1 saturated carbocycles. The van der Waals surface area contributed by atoms with E-state index in [0.717, 1.165) is 18.9 Å². The molecule has 0 aromatic heterocycles. The SMILES string of the molecule is CN(C(=O)c1cccc(F)c1F)[C@H]1C[C@H]2CC(=O)NC[C@H]2C1. The molecule has 1 aliphatic heterocycles. The van der Waals surface area contributed by atoms with E-state index in [0.29, 0.717) is 18.9 Å². The lowest BCUT2D eigenvalue weighted by molar-refractivity contribution is -0.124. The minimum Gasteiger partial charge on any atom is -0.356 e. The lowest BCUT2D eigenvalue weighted by atomic mass is 9.89. The Kier molecular flexibility index (Phi) is 3.85. The van der Waals surface area contributed by atoms with Crippen LogP contribution in [0.3, 0.4) is 0 Å². The van der Waals surface area contributed by atoms with Gasteiger partial charge in [0.05, 0.1) is 5.56 Å². The third kappa shape index (κ3) is 2.58. The summed E-state index contributed by atoms with van der Waals surface area (Å²) in [6, 6.07) is 3.58. The van der Waals surface area contributed by atoms with E-state index in [1.165, 1.54) is 17.0 Å². The maximum absolute atomic E-state index is 13.8. The zero-order valence-corrected chi connectivity index (χ0v) is 12.3. The van der Waals surface area contributed by atoms with Crippen LogP contribution in [0.4, 0.5) is 8.78 Å². The van der Waals surface area contributed by atoms with Crippen molar-refractivity contribution in [2.75, 3.05) is 13.6 Å². The minimum atomic E-state index is -1.10. The number of nitrogens with one attached hydrogen (secondary N) is 1. The summed E-state index contributed by atoms with van der Waals surface area (Å²) in [6.07, 6.45) is 2.00. The first-order valence-corrected chi connectivity index (χ1v) is 7.45. The van der Waals surface area contributed by atoms with Crippen LogP contribution in [0.1, 0.15) is 29.6 Å². The predicted molar refractivity (Wildman–Crippen MR) is 76.1 cm³/mol. The van der Waals surface area contributed by atoms with Gasteiger partial charge in [-0.3, -0.25) is 9.59 Å². The number of carbonyl (C=O) groups excluding carboxylic acids is 2. The topological polar surface area (TPSA) is 49.4 Å². The molecule has 4 nitrogen and oxygen atoms in total. The molecule has 1 aromatic rings. The summed E-state index contributed by atoms with van der Waals surface area (Å²) in [5.74, 6) is -1.96. The van der Waals surface area contributed by atoms with Crippen LogP contribution in [0, 0.1) is 23.5 Å². The van der Waals surface area contributed by atoms with Crippen LogP contribution in [0.2, 0.25) is 0 Å². The first-order chi connectivity index (χ1) is 10.5. The molecule has 1 aliphatic carbocycles. The van der Waals surface area contributed by atoms with Crippen LogP contribution < -0.4 is 5.32 Å². The summed E-state index contributed by atoms with van der Waals surface area (Å²) in [5.41, 5.74) is -0.244. The van der Waals surface area contributed by atoms with Crippen LogP contribution in [0.25, 0.3) is 0 Å². The molecule has 2 fully saturated rings. The lowest BCUT2D eigenvalue weighted by Crippen LogP contribution is -2.38. The van der Waals surface area contributed by atoms with Gasteiger partial charge in [-0.2, -0.15) is 0 Å². The molecule has 3 atom stereocenters. The number of rotatable bonds is 2. The van der Waals surface area contributed by atoms with Crippen molar-refractivity contribution in [1.29, 1.82) is 0 Å². The number of carbonyl (C=O) groups is 2. The molecular weight excluding hydrogens is 290 g/mol. The average Bonchev–Trinajstić information content (AvgIpc) is 2.91. The molecule has 1 saturated heterocycles. The van der Waals surface area contributed by atoms with Gasteiger partial charge in [0.15, 0.2) is 11.6 Å². The van der Waals surface area contributed by atoms with Crippen molar-refractivity contribution in [3.05, 3.63) is 35.4 Å². The third-order valence-electron chi connectivity index (χ3n) is 4.88. The highest BCUT2D eigenvalue weighted by molar-refractivity contribution is 5.94. The Morgan fingerprint density at radius 1 is 1.27 bits per heavy atom. The van der Waals surface area contributed by atoms with Crippen LogP contribution in [-0.4, -0.2) is 36.3 Å². The number of benzene rings is 1. The largest absolute Gasteiger partial charge is 0.356 e. The van der Waals surface area contributed by atoms with E-state index < -0.39 is 17.5 Å². The molecule has 0 bridgehead atoms. The van der Waals surface area contributed by atoms with E-state index in [1.807, 2.05) is 0 Å². The Balaban J connectivity index is 1.74. The van der Waals surface area contributed by atoms with Crippen molar-refractivity contribution in [2.45, 2.75) is 25.3 Å². The summed E-state index contributed by atoms with van der Waals surface area (Å²) in [6.45, 7) is 0.635. The molecule has 3 rings (SSSR count). The smallest absolute Gasteiger partial charge is 0.256 e. The molecule has 2 aliphatic rings. The Bertz CT molecular complexity index is 620. The quantitative estimate of drug-likeness (QED) is 0.908. The van der Waals surface area contributed by atoms with E-state index >= 15 is 0 Å². The second kappa shape index (κ2) is 5.66. The van der Waals surface area contributed by atoms with Crippen LogP contribution in [0.15, 0.2) is 18.2 Å². The summed E-state index contributed by atoms with van der Waals surface area (Å²) in [7, 11) is 1.62. The molecular formula is C16H18F2N2O2. The molecule has 0 radical (unpaired) electrons. The van der Waals surface area contributed by atoms with Gasteiger partial charge in [-0.15, -0.1) is 0 Å². The maximum atomic E-state index is 13.8. The van der Waals surface area contributed by atoms with Gasteiger partial charge >= 0.3 is 0 Å². The van der Waals surface area contributed by atoms with Gasteiger partial charge in [0.2, 0.25) is 5.91 Å². The molecule has 2 amide bonds. The summed E-state index contributed by atoms with van der Waals surface area (Å²) < 4.78 is 27.0. The van der Waals surface area contributed by atoms with Crippen LogP contribution >= 0.6 is 0 Å². The van der Waals surface area contributed by atoms with Gasteiger partial charge in [-0.1, -0.05) is 6.07 Å². The standard InChI is InChI=1S/C16H18F2N2O2/c1-20(16(22)12-3-2-4-13(17)15(12)18)11-5-9-7-14(21)19-8-10(9)6-11/h2-4,9-11H,5-8H2,1H3,(H,19,21)/t9-,10+,11-/m0/s1. The Hall–Kier alpha value is -1.98. The molecule has 6 heteroatoms. The number of nitrogens with zero attached hydrogens (tertiary/aromatic N) is 1. The Morgan fingerprint density at radius 3 is 2.77 bits per heavy atom. The normalized spacial score (nSPS) is 27.2. The summed E-state index contributed by atoms with van der Waals surface area (Å²) >= 11 is 0. The van der Waals surface area contributed by atoms with Crippen molar-refractivity contribution >= 4 is 11.8 Å². The second-order valence-corrected chi connectivity index (χ2v) is 6.17. The maximum Gasteiger partial charge on any atom is 0.256 e. The average molecular weight is 308 g/mol. The fourth-order valence-corrected chi connectivity index (χ4v) is 3.58. The highest BCUT2D eigenvalue weighted by Gasteiger charge is 2.41. The first kappa shape index (κ1) is 14.9. The van der Waals surface area contributed by atoms with Crippen molar-refractivity contribution in [1.82, 2.24) is 10.2 Å². The second-order valence-electron chi connectivity index (χ2n) is 6.17. The van der Waals surface area contributed by atoms with Crippen molar-refractivity contribution in [3.63, 3.8) is 0 Å². The summed E-state index contributed by atoms with van der Waals surface area (Å²) in [4.78, 5) is 25.3. The zero-order chi connectivity index (χ0) is 15.9. The Morgan fingerprint density at radius 2 is 2.00 bits per heavy atom. The number of piperidine rings is 1. The minimum absolute atomic E-state index is 0.0436. The van der Waals surface area contributed by atoms with E-state index in [-0.39, 0.29) is 23.4 Å². The first-order valence-electron chi connectivity index (χ1n) is 7.45. The van der Waals surface area contributed by atoms with Gasteiger partial charge in [-0.25, -0.2) is 8.78 Å². The van der Waals surface area contributed by atoms with Gasteiger partial charge in [0.1, 0.15) is 0 Å².